The number of nitrogens with zero attached hydrogens (tertiary/aromatic N) is 1. The molecule has 2 aromatic rings. The van der Waals surface area contributed by atoms with Crippen LogP contribution in [0.3, 0.4) is 0 Å². The predicted molar refractivity (Wildman–Crippen MR) is 168 cm³/mol. The molecule has 2 fully saturated rings. The predicted octanol–water partition coefficient (Wildman–Crippen LogP) is 6.57. The van der Waals surface area contributed by atoms with Gasteiger partial charge in [0.1, 0.15) is 5.75 Å². The van der Waals surface area contributed by atoms with Gasteiger partial charge in [0.2, 0.25) is 12.7 Å². The molecule has 43 heavy (non-hydrogen) atoms. The van der Waals surface area contributed by atoms with Crippen molar-refractivity contribution in [2.75, 3.05) is 31.8 Å². The minimum Gasteiger partial charge on any atom is -0.494 e. The van der Waals surface area contributed by atoms with Crippen LogP contribution >= 0.6 is 0 Å². The lowest BCUT2D eigenvalue weighted by Crippen LogP contribution is -2.34. The molecule has 8 nitrogen and oxygen atoms in total. The van der Waals surface area contributed by atoms with Crippen LogP contribution in [0.1, 0.15) is 61.9 Å². The number of rotatable bonds is 10. The monoisotopic (exact) mass is 588 g/mol. The third-order valence-electron chi connectivity index (χ3n) is 8.13. The van der Waals surface area contributed by atoms with Gasteiger partial charge in [-0.25, -0.2) is 0 Å². The molecule has 5 rings (SSSR count). The Labute approximate surface area is 255 Å². The SMILES string of the molecule is CCCOc1ccc([C@H]2CC([C@@H]3C=CC=C4OCOC4=C3)CN2CC(=O)Nc2c(CC)cc(C)cc2CC)cc1.O=CO. The summed E-state index contributed by atoms with van der Waals surface area (Å²) in [7, 11) is 0. The van der Waals surface area contributed by atoms with Crippen molar-refractivity contribution in [1.29, 1.82) is 0 Å². The second-order valence-corrected chi connectivity index (χ2v) is 11.1. The molecule has 2 aliphatic heterocycles. The van der Waals surface area contributed by atoms with Crippen molar-refractivity contribution < 1.29 is 28.9 Å². The fraction of sp³-hybridized carbons (Fsp3) is 0.429. The largest absolute Gasteiger partial charge is 0.494 e. The number of allylic oxidation sites excluding steroid dienone is 4. The summed E-state index contributed by atoms with van der Waals surface area (Å²) < 4.78 is 17.2. The number of nitrogens with one attached hydrogen (secondary N) is 1. The molecular weight excluding hydrogens is 544 g/mol. The standard InChI is InChI=1S/C34H42N2O4.CH2O2/c1-5-15-38-29-13-11-26(12-14-29)30-18-28(27-9-8-10-31-32(19-27)40-22-39-31)20-36(30)21-33(37)35-34-24(6-2)16-23(4)17-25(34)7-3;2-1-3/h8-14,16-17,19,27-28,30H,5-7,15,18,20-22H2,1-4H3,(H,35,37);1H,(H,2,3)/t27-,28?,30-;/m1./s1. The van der Waals surface area contributed by atoms with E-state index in [2.05, 4.69) is 92.5 Å². The quantitative estimate of drug-likeness (QED) is 0.303. The number of carbonyl (C=O) groups is 2. The zero-order chi connectivity index (χ0) is 30.8. The highest BCUT2D eigenvalue weighted by Crippen LogP contribution is 2.41. The summed E-state index contributed by atoms with van der Waals surface area (Å²) in [5.74, 6) is 3.07. The number of aryl methyl sites for hydroxylation is 3. The van der Waals surface area contributed by atoms with Crippen molar-refractivity contribution in [2.45, 2.75) is 59.4 Å². The molecule has 2 heterocycles. The van der Waals surface area contributed by atoms with Crippen LogP contribution in [0.15, 0.2) is 72.2 Å². The maximum Gasteiger partial charge on any atom is 0.290 e. The lowest BCUT2D eigenvalue weighted by Gasteiger charge is -2.25. The molecule has 1 aliphatic carbocycles. The molecule has 1 unspecified atom stereocenters. The molecule has 0 bridgehead atoms. The van der Waals surface area contributed by atoms with Gasteiger partial charge >= 0.3 is 0 Å². The summed E-state index contributed by atoms with van der Waals surface area (Å²) in [4.78, 5) is 24.3. The van der Waals surface area contributed by atoms with Crippen LogP contribution < -0.4 is 10.1 Å². The maximum absolute atomic E-state index is 13.6. The van der Waals surface area contributed by atoms with Gasteiger partial charge in [-0.15, -0.1) is 0 Å². The Morgan fingerprint density at radius 1 is 1.09 bits per heavy atom. The smallest absolute Gasteiger partial charge is 0.290 e. The van der Waals surface area contributed by atoms with E-state index in [1.807, 2.05) is 6.08 Å². The third kappa shape index (κ3) is 8.08. The van der Waals surface area contributed by atoms with E-state index in [4.69, 9.17) is 24.1 Å². The van der Waals surface area contributed by atoms with Gasteiger partial charge in [-0.3, -0.25) is 14.5 Å². The van der Waals surface area contributed by atoms with Gasteiger partial charge in [0.25, 0.3) is 6.47 Å². The Hall–Kier alpha value is -4.04. The van der Waals surface area contributed by atoms with Crippen LogP contribution in [0.2, 0.25) is 0 Å². The zero-order valence-electron chi connectivity index (χ0n) is 25.7. The molecular formula is C35H44N2O6. The molecule has 2 aromatic carbocycles. The Bertz CT molecular complexity index is 1320. The van der Waals surface area contributed by atoms with E-state index < -0.39 is 0 Å². The van der Waals surface area contributed by atoms with E-state index in [-0.39, 0.29) is 31.1 Å². The van der Waals surface area contributed by atoms with Gasteiger partial charge in [-0.05, 0) is 79.5 Å². The van der Waals surface area contributed by atoms with Gasteiger partial charge < -0.3 is 24.6 Å². The van der Waals surface area contributed by atoms with Crippen molar-refractivity contribution >= 4 is 18.1 Å². The summed E-state index contributed by atoms with van der Waals surface area (Å²) in [5.41, 5.74) is 5.82. The van der Waals surface area contributed by atoms with Crippen LogP contribution in [0.5, 0.6) is 5.75 Å². The van der Waals surface area contributed by atoms with E-state index in [0.29, 0.717) is 19.1 Å². The number of anilines is 1. The highest BCUT2D eigenvalue weighted by Gasteiger charge is 2.38. The van der Waals surface area contributed by atoms with E-state index in [0.717, 1.165) is 55.2 Å². The number of carbonyl (C=O) groups excluding carboxylic acids is 1. The van der Waals surface area contributed by atoms with Crippen LogP contribution in [0, 0.1) is 18.8 Å². The minimum atomic E-state index is -0.250. The molecule has 2 saturated heterocycles. The lowest BCUT2D eigenvalue weighted by molar-refractivity contribution is -0.123. The number of hydrogen-bond acceptors (Lipinski definition) is 6. The zero-order valence-corrected chi connectivity index (χ0v) is 25.7. The molecule has 0 radical (unpaired) electrons. The molecule has 8 heteroatoms. The topological polar surface area (TPSA) is 97.3 Å². The first-order valence-corrected chi connectivity index (χ1v) is 15.2. The van der Waals surface area contributed by atoms with E-state index in [9.17, 15) is 4.79 Å². The first-order chi connectivity index (χ1) is 20.9. The van der Waals surface area contributed by atoms with Crippen LogP contribution in [-0.2, 0) is 31.9 Å². The van der Waals surface area contributed by atoms with Gasteiger partial charge in [-0.1, -0.05) is 62.8 Å². The number of carboxylic acid groups (broad SMARTS) is 1. The number of hydrogen-bond donors (Lipinski definition) is 2. The van der Waals surface area contributed by atoms with Crippen molar-refractivity contribution in [3.8, 4) is 5.75 Å². The van der Waals surface area contributed by atoms with Crippen molar-refractivity contribution in [1.82, 2.24) is 4.90 Å². The summed E-state index contributed by atoms with van der Waals surface area (Å²) in [5, 5.41) is 10.2. The van der Waals surface area contributed by atoms with E-state index >= 15 is 0 Å². The number of ether oxygens (including phenoxy) is 3. The van der Waals surface area contributed by atoms with Crippen molar-refractivity contribution in [3.05, 3.63) is 94.5 Å². The van der Waals surface area contributed by atoms with Gasteiger partial charge in [0.05, 0.1) is 13.2 Å². The van der Waals surface area contributed by atoms with Gasteiger partial charge in [0, 0.05) is 24.2 Å². The van der Waals surface area contributed by atoms with Crippen LogP contribution in [-0.4, -0.2) is 48.9 Å². The molecule has 3 atom stereocenters. The molecule has 230 valence electrons. The number of amides is 1. The summed E-state index contributed by atoms with van der Waals surface area (Å²) in [6.07, 6.45) is 12.1. The molecule has 0 spiro atoms. The first kappa shape index (κ1) is 31.9. The van der Waals surface area contributed by atoms with Gasteiger partial charge in [-0.2, -0.15) is 0 Å². The van der Waals surface area contributed by atoms with Gasteiger partial charge in [0.15, 0.2) is 11.5 Å². The fourth-order valence-electron chi connectivity index (χ4n) is 6.12. The number of likely N-dealkylation sites (tertiary alicyclic amines) is 1. The average molecular weight is 589 g/mol. The molecule has 1 amide bonds. The highest BCUT2D eigenvalue weighted by molar-refractivity contribution is 5.94. The van der Waals surface area contributed by atoms with E-state index in [1.165, 1.54) is 22.3 Å². The van der Waals surface area contributed by atoms with Crippen LogP contribution in [0.4, 0.5) is 5.69 Å². The number of fused-ring (bicyclic) bond motifs is 1. The summed E-state index contributed by atoms with van der Waals surface area (Å²) in [6, 6.07) is 12.9. The Morgan fingerprint density at radius 2 is 1.77 bits per heavy atom. The van der Waals surface area contributed by atoms with Crippen LogP contribution in [0.25, 0.3) is 0 Å². The molecule has 3 aliphatic rings. The summed E-state index contributed by atoms with van der Waals surface area (Å²) in [6.45, 7) is 10.4. The Morgan fingerprint density at radius 3 is 2.42 bits per heavy atom. The first-order valence-electron chi connectivity index (χ1n) is 15.2. The van der Waals surface area contributed by atoms with Crippen molar-refractivity contribution in [3.63, 3.8) is 0 Å². The second-order valence-electron chi connectivity index (χ2n) is 11.1. The lowest BCUT2D eigenvalue weighted by atomic mass is 9.88. The minimum absolute atomic E-state index is 0.0352. The van der Waals surface area contributed by atoms with Crippen molar-refractivity contribution in [2.24, 2.45) is 11.8 Å². The molecule has 0 aromatic heterocycles. The molecule has 2 N–H and O–H groups in total. The third-order valence-corrected chi connectivity index (χ3v) is 8.13. The fourth-order valence-corrected chi connectivity index (χ4v) is 6.12. The Kier molecular flexibility index (Phi) is 11.4. The van der Waals surface area contributed by atoms with E-state index in [1.54, 1.807) is 0 Å². The second kappa shape index (κ2) is 15.4. The maximum atomic E-state index is 13.6. The highest BCUT2D eigenvalue weighted by atomic mass is 16.7. The normalized spacial score (nSPS) is 20.8. The Balaban J connectivity index is 0.00000135. The molecule has 0 saturated carbocycles. The summed E-state index contributed by atoms with van der Waals surface area (Å²) >= 11 is 0. The number of benzene rings is 2. The average Bonchev–Trinajstić information content (AvgIpc) is 3.58.